The molecule has 212 valence electrons. The van der Waals surface area contributed by atoms with Gasteiger partial charge in [-0.15, -0.1) is 5.10 Å². The molecule has 1 N–H and O–H groups in total. The van der Waals surface area contributed by atoms with E-state index in [1.54, 1.807) is 6.92 Å². The Labute approximate surface area is 240 Å². The summed E-state index contributed by atoms with van der Waals surface area (Å²) in [4.78, 5) is 32.5. The zero-order chi connectivity index (χ0) is 28.5. The van der Waals surface area contributed by atoms with E-state index in [0.717, 1.165) is 84.9 Å². The number of benzene rings is 2. The van der Waals surface area contributed by atoms with Crippen LogP contribution in [0.1, 0.15) is 88.7 Å². The minimum Gasteiger partial charge on any atom is -0.481 e. The smallest absolute Gasteiger partial charge is 0.307 e. The highest BCUT2D eigenvalue weighted by atomic mass is 16.4. The summed E-state index contributed by atoms with van der Waals surface area (Å²) in [6.45, 7) is 5.66. The molecule has 0 saturated carbocycles. The van der Waals surface area contributed by atoms with E-state index >= 15 is 0 Å². The number of nitrogens with zero attached hydrogens (tertiary/aromatic N) is 5. The van der Waals surface area contributed by atoms with E-state index in [2.05, 4.69) is 34.6 Å². The Morgan fingerprint density at radius 2 is 1.76 bits per heavy atom. The van der Waals surface area contributed by atoms with Crippen LogP contribution in [-0.2, 0) is 30.7 Å². The topological polar surface area (TPSA) is 101 Å². The fraction of sp³-hybridized carbons (Fsp3) is 0.424. The molecule has 0 unspecified atom stereocenters. The summed E-state index contributed by atoms with van der Waals surface area (Å²) in [7, 11) is 0. The van der Waals surface area contributed by atoms with Gasteiger partial charge >= 0.3 is 5.97 Å². The molecule has 5 aliphatic rings. The molecule has 5 aliphatic heterocycles. The Balaban J connectivity index is 1.41. The fourth-order valence-electron chi connectivity index (χ4n) is 6.45. The number of aromatic nitrogens is 4. The minimum atomic E-state index is -0.867. The fourth-order valence-corrected chi connectivity index (χ4v) is 6.45. The maximum absolute atomic E-state index is 13.5. The zero-order valence-corrected chi connectivity index (χ0v) is 23.8. The molecule has 41 heavy (non-hydrogen) atoms. The summed E-state index contributed by atoms with van der Waals surface area (Å²) >= 11 is 0. The number of amides is 1. The van der Waals surface area contributed by atoms with Crippen molar-refractivity contribution in [3.63, 3.8) is 0 Å². The van der Waals surface area contributed by atoms with Crippen LogP contribution >= 0.6 is 0 Å². The second-order valence-corrected chi connectivity index (χ2v) is 11.6. The summed E-state index contributed by atoms with van der Waals surface area (Å²) in [6.07, 6.45) is 9.17. The summed E-state index contributed by atoms with van der Waals surface area (Å²) < 4.78 is 1.88. The number of rotatable bonds is 2. The molecule has 7 heterocycles. The molecule has 8 nitrogen and oxygen atoms in total. The highest BCUT2D eigenvalue weighted by molar-refractivity contribution is 5.94. The molecule has 9 rings (SSSR count). The van der Waals surface area contributed by atoms with Gasteiger partial charge in [-0.3, -0.25) is 9.59 Å². The predicted molar refractivity (Wildman–Crippen MR) is 157 cm³/mol. The molecule has 1 amide bonds. The number of hydrogen-bond acceptors (Lipinski definition) is 5. The molecule has 2 aromatic heterocycles. The van der Waals surface area contributed by atoms with E-state index in [4.69, 9.17) is 4.98 Å². The van der Waals surface area contributed by atoms with Crippen molar-refractivity contribution in [3.8, 4) is 0 Å². The van der Waals surface area contributed by atoms with Crippen LogP contribution in [0.25, 0.3) is 11.2 Å². The van der Waals surface area contributed by atoms with Crippen molar-refractivity contribution in [1.82, 2.24) is 24.9 Å². The predicted octanol–water partition coefficient (Wildman–Crippen LogP) is 5.69. The molecule has 0 radical (unpaired) electrons. The van der Waals surface area contributed by atoms with E-state index in [1.807, 2.05) is 40.9 Å². The van der Waals surface area contributed by atoms with Crippen LogP contribution in [-0.4, -0.2) is 48.4 Å². The molecule has 0 aliphatic carbocycles. The van der Waals surface area contributed by atoms with Gasteiger partial charge in [0.15, 0.2) is 5.65 Å². The Bertz CT molecular complexity index is 1590. The third-order valence-corrected chi connectivity index (χ3v) is 8.97. The Morgan fingerprint density at radius 1 is 0.976 bits per heavy atom. The molecule has 0 fully saturated rings. The SMILES string of the molecule is Cc1c2cnc3c1nnn3CCCCCCCc1ccc(cc1)C(=O)N1CCc3ccc(cc3C1)[C@@H]2[C@H](C)C(=O)O. The summed E-state index contributed by atoms with van der Waals surface area (Å²) in [5, 5.41) is 19.0. The van der Waals surface area contributed by atoms with Crippen LogP contribution in [0.3, 0.4) is 0 Å². The number of carbonyl (C=O) groups is 2. The van der Waals surface area contributed by atoms with Gasteiger partial charge in [0.25, 0.3) is 5.91 Å². The van der Waals surface area contributed by atoms with Crippen molar-refractivity contribution < 1.29 is 14.7 Å². The van der Waals surface area contributed by atoms with Crippen molar-refractivity contribution in [3.05, 3.63) is 87.6 Å². The quantitative estimate of drug-likeness (QED) is 0.343. The van der Waals surface area contributed by atoms with Crippen LogP contribution in [0, 0.1) is 12.8 Å². The normalized spacial score (nSPS) is 18.8. The molecule has 4 aromatic rings. The maximum atomic E-state index is 13.5. The number of carbonyl (C=O) groups excluding carboxylic acids is 1. The number of pyridine rings is 1. The lowest BCUT2D eigenvalue weighted by Crippen LogP contribution is -2.36. The van der Waals surface area contributed by atoms with Crippen molar-refractivity contribution in [2.75, 3.05) is 6.54 Å². The average molecular weight is 552 g/mol. The van der Waals surface area contributed by atoms with Gasteiger partial charge in [-0.1, -0.05) is 61.7 Å². The van der Waals surface area contributed by atoms with Crippen LogP contribution in [0.4, 0.5) is 0 Å². The zero-order valence-electron chi connectivity index (χ0n) is 23.8. The van der Waals surface area contributed by atoms with Crippen LogP contribution in [0.15, 0.2) is 48.7 Å². The van der Waals surface area contributed by atoms with Crippen molar-refractivity contribution in [2.45, 2.75) is 77.8 Å². The van der Waals surface area contributed by atoms with Crippen LogP contribution in [0.2, 0.25) is 0 Å². The van der Waals surface area contributed by atoms with Crippen LogP contribution < -0.4 is 0 Å². The van der Waals surface area contributed by atoms with E-state index in [9.17, 15) is 14.7 Å². The minimum absolute atomic E-state index is 0.0371. The van der Waals surface area contributed by atoms with E-state index in [0.29, 0.717) is 18.7 Å². The summed E-state index contributed by atoms with van der Waals surface area (Å²) in [5.41, 5.74) is 8.39. The number of aryl methyl sites for hydroxylation is 3. The van der Waals surface area contributed by atoms with Crippen molar-refractivity contribution >= 4 is 23.0 Å². The first-order chi connectivity index (χ1) is 19.9. The molecular weight excluding hydrogens is 514 g/mol. The van der Waals surface area contributed by atoms with E-state index < -0.39 is 17.8 Å². The number of carboxylic acids is 1. The Kier molecular flexibility index (Phi) is 7.56. The third kappa shape index (κ3) is 5.35. The van der Waals surface area contributed by atoms with Gasteiger partial charge in [-0.2, -0.15) is 0 Å². The number of hydrogen-bond donors (Lipinski definition) is 1. The Hall–Kier alpha value is -4.07. The Morgan fingerprint density at radius 3 is 2.56 bits per heavy atom. The highest BCUT2D eigenvalue weighted by Crippen LogP contribution is 2.37. The maximum Gasteiger partial charge on any atom is 0.307 e. The lowest BCUT2D eigenvalue weighted by Gasteiger charge is -2.31. The second-order valence-electron chi connectivity index (χ2n) is 11.6. The molecule has 9 bridgehead atoms. The van der Waals surface area contributed by atoms with Gasteiger partial charge in [0.2, 0.25) is 0 Å². The first-order valence-electron chi connectivity index (χ1n) is 14.8. The average Bonchev–Trinajstić information content (AvgIpc) is 3.40. The molecule has 0 saturated heterocycles. The molecule has 2 atom stereocenters. The molecular formula is C33H37N5O3. The van der Waals surface area contributed by atoms with Crippen molar-refractivity contribution in [2.24, 2.45) is 5.92 Å². The molecule has 8 heteroatoms. The van der Waals surface area contributed by atoms with E-state index in [1.165, 1.54) is 11.1 Å². The largest absolute Gasteiger partial charge is 0.481 e. The van der Waals surface area contributed by atoms with Crippen LogP contribution in [0.5, 0.6) is 0 Å². The van der Waals surface area contributed by atoms with Gasteiger partial charge in [-0.05, 0) is 78.1 Å². The van der Waals surface area contributed by atoms with Gasteiger partial charge in [0.1, 0.15) is 5.52 Å². The first kappa shape index (κ1) is 27.1. The summed E-state index contributed by atoms with van der Waals surface area (Å²) in [5.74, 6) is -1.93. The monoisotopic (exact) mass is 551 g/mol. The lowest BCUT2D eigenvalue weighted by atomic mass is 9.79. The van der Waals surface area contributed by atoms with E-state index in [-0.39, 0.29) is 5.91 Å². The number of aliphatic carboxylic acids is 1. The standard InChI is InChI=1S/C33H37N5O3/c1-21-28-19-34-31-30(21)35-36-38(31)16-7-5-3-4-6-8-23-9-11-25(12-10-23)32(39)37-17-15-24-13-14-26(18-27(24)20-37)29(28)22(2)33(40)41/h9-14,18-19,22,29H,3-8,15-17,20H2,1-2H3,(H,40,41)/t22-,29-/m0/s1. The second kappa shape index (κ2) is 11.4. The third-order valence-electron chi connectivity index (χ3n) is 8.97. The first-order valence-corrected chi connectivity index (χ1v) is 14.8. The van der Waals surface area contributed by atoms with Gasteiger partial charge in [0.05, 0.1) is 5.92 Å². The van der Waals surface area contributed by atoms with Gasteiger partial charge < -0.3 is 10.0 Å². The molecule has 2 aromatic carbocycles. The number of carboxylic acid groups (broad SMARTS) is 1. The van der Waals surface area contributed by atoms with Crippen molar-refractivity contribution in [1.29, 1.82) is 0 Å². The summed E-state index contributed by atoms with van der Waals surface area (Å²) in [6, 6.07) is 14.3. The lowest BCUT2D eigenvalue weighted by molar-refractivity contribution is -0.141. The highest BCUT2D eigenvalue weighted by Gasteiger charge is 2.31. The molecule has 0 spiro atoms. The van der Waals surface area contributed by atoms with Gasteiger partial charge in [0, 0.05) is 37.3 Å². The van der Waals surface area contributed by atoms with Gasteiger partial charge in [-0.25, -0.2) is 9.67 Å².